The second kappa shape index (κ2) is 6.03. The molecule has 5 heteroatoms. The van der Waals surface area contributed by atoms with Gasteiger partial charge in [0.1, 0.15) is 0 Å². The van der Waals surface area contributed by atoms with Gasteiger partial charge in [0.05, 0.1) is 13.2 Å². The molecule has 5 nitrogen and oxygen atoms in total. The summed E-state index contributed by atoms with van der Waals surface area (Å²) in [5.74, 6) is 0.107. The molecule has 0 bridgehead atoms. The van der Waals surface area contributed by atoms with E-state index in [1.54, 1.807) is 0 Å². The van der Waals surface area contributed by atoms with Crippen LogP contribution in [0.2, 0.25) is 0 Å². The number of likely N-dealkylation sites (tertiary alicyclic amines) is 1. The van der Waals surface area contributed by atoms with E-state index in [2.05, 4.69) is 4.90 Å². The van der Waals surface area contributed by atoms with Crippen LogP contribution in [0.5, 0.6) is 0 Å². The first-order chi connectivity index (χ1) is 10.2. The predicted octanol–water partition coefficient (Wildman–Crippen LogP) is 1.12. The molecule has 2 N–H and O–H groups in total. The third-order valence-electron chi connectivity index (χ3n) is 4.62. The molecule has 0 aliphatic carbocycles. The third kappa shape index (κ3) is 2.89. The Morgan fingerprint density at radius 2 is 2.05 bits per heavy atom. The van der Waals surface area contributed by atoms with Crippen LogP contribution in [0.15, 0.2) is 18.2 Å². The molecule has 2 fully saturated rings. The highest BCUT2D eigenvalue weighted by molar-refractivity contribution is 5.97. The molecule has 3 rings (SSSR count). The van der Waals surface area contributed by atoms with Crippen molar-refractivity contribution in [1.82, 2.24) is 9.80 Å². The Hall–Kier alpha value is -1.59. The number of carbonyl (C=O) groups is 1. The Morgan fingerprint density at radius 1 is 1.29 bits per heavy atom. The molecule has 1 unspecified atom stereocenters. The van der Waals surface area contributed by atoms with E-state index in [1.165, 1.54) is 0 Å². The summed E-state index contributed by atoms with van der Waals surface area (Å²) in [6.45, 7) is 7.12. The zero-order valence-electron chi connectivity index (χ0n) is 12.5. The molecule has 114 valence electrons. The summed E-state index contributed by atoms with van der Waals surface area (Å²) in [5.41, 5.74) is 8.21. The fourth-order valence-corrected chi connectivity index (χ4v) is 3.22. The van der Waals surface area contributed by atoms with E-state index in [9.17, 15) is 4.79 Å². The van der Waals surface area contributed by atoms with Gasteiger partial charge in [0, 0.05) is 43.5 Å². The molecule has 1 amide bonds. The fraction of sp³-hybridized carbons (Fsp3) is 0.562. The minimum Gasteiger partial charge on any atom is -0.398 e. The number of morpholine rings is 1. The summed E-state index contributed by atoms with van der Waals surface area (Å²) in [5, 5.41) is 0. The van der Waals surface area contributed by atoms with Crippen LogP contribution in [0.3, 0.4) is 0 Å². The van der Waals surface area contributed by atoms with Gasteiger partial charge < -0.3 is 15.4 Å². The third-order valence-corrected chi connectivity index (χ3v) is 4.62. The second-order valence-corrected chi connectivity index (χ2v) is 5.86. The molecule has 2 saturated heterocycles. The predicted molar refractivity (Wildman–Crippen MR) is 82.3 cm³/mol. The van der Waals surface area contributed by atoms with Crippen molar-refractivity contribution in [3.8, 4) is 0 Å². The highest BCUT2D eigenvalue weighted by Crippen LogP contribution is 2.22. The van der Waals surface area contributed by atoms with Crippen molar-refractivity contribution < 1.29 is 9.53 Å². The number of nitrogens with zero attached hydrogens (tertiary/aromatic N) is 2. The number of hydrogen-bond donors (Lipinski definition) is 1. The molecule has 0 saturated carbocycles. The molecule has 21 heavy (non-hydrogen) atoms. The van der Waals surface area contributed by atoms with E-state index in [0.717, 1.165) is 56.9 Å². The Balaban J connectivity index is 1.68. The number of rotatable bonds is 2. The van der Waals surface area contributed by atoms with Gasteiger partial charge in [0.15, 0.2) is 0 Å². The lowest BCUT2D eigenvalue weighted by molar-refractivity contribution is 0.0185. The maximum Gasteiger partial charge on any atom is 0.254 e. The highest BCUT2D eigenvalue weighted by Gasteiger charge is 2.32. The molecule has 0 aromatic heterocycles. The van der Waals surface area contributed by atoms with E-state index in [-0.39, 0.29) is 5.91 Å². The van der Waals surface area contributed by atoms with E-state index in [0.29, 0.717) is 11.7 Å². The van der Waals surface area contributed by atoms with E-state index in [1.807, 2.05) is 30.0 Å². The molecule has 2 heterocycles. The van der Waals surface area contributed by atoms with E-state index in [4.69, 9.17) is 10.5 Å². The number of nitrogen functional groups attached to an aromatic ring is 1. The number of hydrogen-bond acceptors (Lipinski definition) is 4. The van der Waals surface area contributed by atoms with Crippen molar-refractivity contribution in [1.29, 1.82) is 0 Å². The van der Waals surface area contributed by atoms with Crippen LogP contribution >= 0.6 is 0 Å². The summed E-state index contributed by atoms with van der Waals surface area (Å²) in [4.78, 5) is 17.1. The van der Waals surface area contributed by atoms with Crippen LogP contribution in [0.1, 0.15) is 22.3 Å². The summed E-state index contributed by atoms with van der Waals surface area (Å²) in [7, 11) is 0. The lowest BCUT2D eigenvalue weighted by Crippen LogP contribution is -2.45. The molecule has 1 atom stereocenters. The van der Waals surface area contributed by atoms with Gasteiger partial charge in [-0.25, -0.2) is 0 Å². The number of anilines is 1. The highest BCUT2D eigenvalue weighted by atomic mass is 16.5. The zero-order valence-corrected chi connectivity index (χ0v) is 12.5. The van der Waals surface area contributed by atoms with Gasteiger partial charge in [-0.15, -0.1) is 0 Å². The van der Waals surface area contributed by atoms with Gasteiger partial charge >= 0.3 is 0 Å². The van der Waals surface area contributed by atoms with Gasteiger partial charge in [-0.05, 0) is 31.0 Å². The standard InChI is InChI=1S/C16H23N3O2/c1-12-14(3-2-4-15(12)17)16(20)19-6-5-13(11-19)18-7-9-21-10-8-18/h2-4,13H,5-11,17H2,1H3. The van der Waals surface area contributed by atoms with Crippen molar-refractivity contribution in [3.05, 3.63) is 29.3 Å². The quantitative estimate of drug-likeness (QED) is 0.829. The fourth-order valence-electron chi connectivity index (χ4n) is 3.22. The lowest BCUT2D eigenvalue weighted by atomic mass is 10.1. The Morgan fingerprint density at radius 3 is 2.81 bits per heavy atom. The van der Waals surface area contributed by atoms with Gasteiger partial charge in [-0.3, -0.25) is 9.69 Å². The van der Waals surface area contributed by atoms with Crippen molar-refractivity contribution in [2.75, 3.05) is 45.1 Å². The molecule has 1 aromatic rings. The monoisotopic (exact) mass is 289 g/mol. The topological polar surface area (TPSA) is 58.8 Å². The number of amides is 1. The average Bonchev–Trinajstić information content (AvgIpc) is 3.00. The van der Waals surface area contributed by atoms with Gasteiger partial charge in [0.25, 0.3) is 5.91 Å². The lowest BCUT2D eigenvalue weighted by Gasteiger charge is -2.32. The number of nitrogens with two attached hydrogens (primary N) is 1. The Labute approximate surface area is 125 Å². The summed E-state index contributed by atoms with van der Waals surface area (Å²) in [6.07, 6.45) is 1.05. The van der Waals surface area contributed by atoms with Gasteiger partial charge in [-0.1, -0.05) is 6.07 Å². The van der Waals surface area contributed by atoms with Gasteiger partial charge in [0.2, 0.25) is 0 Å². The van der Waals surface area contributed by atoms with E-state index < -0.39 is 0 Å². The first-order valence-corrected chi connectivity index (χ1v) is 7.63. The maximum absolute atomic E-state index is 12.7. The number of carbonyl (C=O) groups excluding carboxylic acids is 1. The molecule has 2 aliphatic heterocycles. The van der Waals surface area contributed by atoms with Crippen LogP contribution in [-0.2, 0) is 4.74 Å². The first kappa shape index (κ1) is 14.4. The second-order valence-electron chi connectivity index (χ2n) is 5.86. The maximum atomic E-state index is 12.7. The molecule has 0 radical (unpaired) electrons. The average molecular weight is 289 g/mol. The van der Waals surface area contributed by atoms with Crippen molar-refractivity contribution in [3.63, 3.8) is 0 Å². The smallest absolute Gasteiger partial charge is 0.254 e. The molecule has 0 spiro atoms. The van der Waals surface area contributed by atoms with Crippen LogP contribution in [0, 0.1) is 6.92 Å². The Bertz CT molecular complexity index is 526. The van der Waals surface area contributed by atoms with Crippen molar-refractivity contribution in [2.24, 2.45) is 0 Å². The first-order valence-electron chi connectivity index (χ1n) is 7.63. The SMILES string of the molecule is Cc1c(N)cccc1C(=O)N1CCC(N2CCOCC2)C1. The molecule has 1 aromatic carbocycles. The number of benzene rings is 1. The minimum atomic E-state index is 0.107. The summed E-state index contributed by atoms with van der Waals surface area (Å²) < 4.78 is 5.40. The van der Waals surface area contributed by atoms with Crippen molar-refractivity contribution in [2.45, 2.75) is 19.4 Å². The Kier molecular flexibility index (Phi) is 4.12. The summed E-state index contributed by atoms with van der Waals surface area (Å²) in [6, 6.07) is 6.03. The molecule has 2 aliphatic rings. The van der Waals surface area contributed by atoms with Crippen LogP contribution in [0.25, 0.3) is 0 Å². The van der Waals surface area contributed by atoms with Gasteiger partial charge in [-0.2, -0.15) is 0 Å². The molecular weight excluding hydrogens is 266 g/mol. The normalized spacial score (nSPS) is 23.5. The summed E-state index contributed by atoms with van der Waals surface area (Å²) >= 11 is 0. The van der Waals surface area contributed by atoms with Crippen LogP contribution in [0.4, 0.5) is 5.69 Å². The van der Waals surface area contributed by atoms with Crippen LogP contribution < -0.4 is 5.73 Å². The van der Waals surface area contributed by atoms with Crippen molar-refractivity contribution >= 4 is 11.6 Å². The number of ether oxygens (including phenoxy) is 1. The zero-order chi connectivity index (χ0) is 14.8. The van der Waals surface area contributed by atoms with Crippen LogP contribution in [-0.4, -0.2) is 61.1 Å². The van der Waals surface area contributed by atoms with E-state index >= 15 is 0 Å². The largest absolute Gasteiger partial charge is 0.398 e. The molecular formula is C16H23N3O2. The minimum absolute atomic E-state index is 0.107.